The number of rotatable bonds is 8. The van der Waals surface area contributed by atoms with Gasteiger partial charge in [-0.25, -0.2) is 8.42 Å². The van der Waals surface area contributed by atoms with Gasteiger partial charge < -0.3 is 9.15 Å². The summed E-state index contributed by atoms with van der Waals surface area (Å²) in [5.74, 6) is 2.18. The summed E-state index contributed by atoms with van der Waals surface area (Å²) in [6, 6.07) is 5.37. The van der Waals surface area contributed by atoms with Crippen molar-refractivity contribution in [1.29, 1.82) is 0 Å². The lowest BCUT2D eigenvalue weighted by Crippen LogP contribution is -2.07. The van der Waals surface area contributed by atoms with Gasteiger partial charge >= 0.3 is 0 Å². The predicted molar refractivity (Wildman–Crippen MR) is 102 cm³/mol. The molecule has 0 radical (unpaired) electrons. The number of ketones is 1. The van der Waals surface area contributed by atoms with Gasteiger partial charge in [-0.15, -0.1) is 10.2 Å². The fourth-order valence-corrected chi connectivity index (χ4v) is 5.63. The Bertz CT molecular complexity index is 924. The molecule has 0 amide bonds. The molecule has 2 aromatic rings. The van der Waals surface area contributed by atoms with E-state index in [9.17, 15) is 13.2 Å². The van der Waals surface area contributed by atoms with E-state index in [0.29, 0.717) is 41.9 Å². The Kier molecular flexibility index (Phi) is 6.21. The van der Waals surface area contributed by atoms with Crippen LogP contribution in [0.25, 0.3) is 0 Å². The van der Waals surface area contributed by atoms with Crippen molar-refractivity contribution in [3.63, 3.8) is 0 Å². The molecule has 1 aromatic carbocycles. The van der Waals surface area contributed by atoms with Gasteiger partial charge in [0.25, 0.3) is 5.22 Å². The molecule has 1 saturated heterocycles. The highest BCUT2D eigenvalue weighted by molar-refractivity contribution is 7.98. The molecule has 1 atom stereocenters. The minimum absolute atomic E-state index is 0.00380. The van der Waals surface area contributed by atoms with E-state index in [1.165, 1.54) is 18.7 Å². The van der Waals surface area contributed by atoms with Crippen molar-refractivity contribution in [2.75, 3.05) is 18.1 Å². The number of Topliss-reactive ketones (excluding diaryl/α,β-unsaturated/α-hetero) is 1. The van der Waals surface area contributed by atoms with Crippen molar-refractivity contribution in [1.82, 2.24) is 10.2 Å². The summed E-state index contributed by atoms with van der Waals surface area (Å²) >= 11 is 1.36. The molecule has 1 aliphatic rings. The fourth-order valence-electron chi connectivity index (χ4n) is 3.01. The second kappa shape index (κ2) is 8.43. The summed E-state index contributed by atoms with van der Waals surface area (Å²) in [5, 5.41) is 8.48. The van der Waals surface area contributed by atoms with Gasteiger partial charge in [0.05, 0.1) is 18.1 Å². The maximum Gasteiger partial charge on any atom is 0.276 e. The number of benzene rings is 1. The maximum atomic E-state index is 11.6. The van der Waals surface area contributed by atoms with Crippen molar-refractivity contribution < 1.29 is 22.4 Å². The molecular formula is C18H22N2O5S2. The molecule has 0 N–H and O–H groups in total. The minimum Gasteiger partial charge on any atom is -0.494 e. The Labute approximate surface area is 162 Å². The van der Waals surface area contributed by atoms with Crippen LogP contribution in [0.2, 0.25) is 0 Å². The van der Waals surface area contributed by atoms with Crippen LogP contribution in [0.5, 0.6) is 5.75 Å². The SMILES string of the molecule is CCOc1ccc(C(C)=O)cc1CSc1nnc(C[C@@H]2CCS(=O)(=O)C2)o1. The summed E-state index contributed by atoms with van der Waals surface area (Å²) in [6.07, 6.45) is 1.12. The van der Waals surface area contributed by atoms with Gasteiger partial charge in [0.1, 0.15) is 5.75 Å². The third-order valence-corrected chi connectivity index (χ3v) is 7.06. The van der Waals surface area contributed by atoms with Crippen LogP contribution < -0.4 is 4.74 Å². The van der Waals surface area contributed by atoms with Crippen LogP contribution >= 0.6 is 11.8 Å². The fraction of sp³-hybridized carbons (Fsp3) is 0.500. The standard InChI is InChI=1S/C18H22N2O5S2/c1-3-24-16-5-4-14(12(2)21)9-15(16)10-26-18-20-19-17(25-18)8-13-6-7-27(22,23)11-13/h4-5,9,13H,3,6-8,10-11H2,1-2H3/t13-/m0/s1. The van der Waals surface area contributed by atoms with Crippen LogP contribution in [0.1, 0.15) is 42.1 Å². The number of nitrogens with zero attached hydrogens (tertiary/aromatic N) is 2. The molecule has 2 heterocycles. The van der Waals surface area contributed by atoms with E-state index in [1.54, 1.807) is 12.1 Å². The molecule has 27 heavy (non-hydrogen) atoms. The number of hydrogen-bond donors (Lipinski definition) is 0. The van der Waals surface area contributed by atoms with Gasteiger partial charge in [-0.1, -0.05) is 11.8 Å². The zero-order valence-electron chi connectivity index (χ0n) is 15.3. The molecule has 7 nitrogen and oxygen atoms in total. The van der Waals surface area contributed by atoms with E-state index in [1.807, 2.05) is 13.0 Å². The Hall–Kier alpha value is -1.87. The van der Waals surface area contributed by atoms with Crippen LogP contribution in [0, 0.1) is 5.92 Å². The molecule has 0 aliphatic carbocycles. The van der Waals surface area contributed by atoms with Gasteiger partial charge in [-0.2, -0.15) is 0 Å². The van der Waals surface area contributed by atoms with E-state index < -0.39 is 9.84 Å². The summed E-state index contributed by atoms with van der Waals surface area (Å²) in [4.78, 5) is 11.6. The highest BCUT2D eigenvalue weighted by atomic mass is 32.2. The van der Waals surface area contributed by atoms with E-state index in [4.69, 9.17) is 9.15 Å². The topological polar surface area (TPSA) is 99.4 Å². The monoisotopic (exact) mass is 410 g/mol. The number of carbonyl (C=O) groups excluding carboxylic acids is 1. The zero-order valence-corrected chi connectivity index (χ0v) is 16.9. The first kappa shape index (κ1) is 19.9. The second-order valence-electron chi connectivity index (χ2n) is 6.54. The average Bonchev–Trinajstić information content (AvgIpc) is 3.20. The quantitative estimate of drug-likeness (QED) is 0.484. The number of carbonyl (C=O) groups is 1. The summed E-state index contributed by atoms with van der Waals surface area (Å²) < 4.78 is 34.4. The van der Waals surface area contributed by atoms with Crippen molar-refractivity contribution in [3.05, 3.63) is 35.2 Å². The Morgan fingerprint density at radius 1 is 1.37 bits per heavy atom. The second-order valence-corrected chi connectivity index (χ2v) is 9.69. The van der Waals surface area contributed by atoms with Gasteiger partial charge in [0, 0.05) is 23.3 Å². The smallest absolute Gasteiger partial charge is 0.276 e. The maximum absolute atomic E-state index is 11.6. The number of sulfone groups is 1. The lowest BCUT2D eigenvalue weighted by Gasteiger charge is -2.10. The van der Waals surface area contributed by atoms with Gasteiger partial charge in [0.2, 0.25) is 5.89 Å². The molecular weight excluding hydrogens is 388 g/mol. The van der Waals surface area contributed by atoms with Crippen molar-refractivity contribution >= 4 is 27.4 Å². The normalized spacial score (nSPS) is 18.5. The first-order valence-corrected chi connectivity index (χ1v) is 11.6. The lowest BCUT2D eigenvalue weighted by molar-refractivity contribution is 0.101. The largest absolute Gasteiger partial charge is 0.494 e. The Balaban J connectivity index is 1.64. The molecule has 146 valence electrons. The highest BCUT2D eigenvalue weighted by Gasteiger charge is 2.29. The molecule has 0 spiro atoms. The molecule has 0 unspecified atom stereocenters. The third-order valence-electron chi connectivity index (χ3n) is 4.36. The Morgan fingerprint density at radius 2 is 2.19 bits per heavy atom. The number of aromatic nitrogens is 2. The third kappa shape index (κ3) is 5.32. The number of hydrogen-bond acceptors (Lipinski definition) is 8. The summed E-state index contributed by atoms with van der Waals surface area (Å²) in [6.45, 7) is 3.97. The summed E-state index contributed by atoms with van der Waals surface area (Å²) in [5.41, 5.74) is 1.51. The predicted octanol–water partition coefficient (Wildman–Crippen LogP) is 2.94. The van der Waals surface area contributed by atoms with Crippen molar-refractivity contribution in [3.8, 4) is 5.75 Å². The van der Waals surface area contributed by atoms with E-state index >= 15 is 0 Å². The van der Waals surface area contributed by atoms with Gasteiger partial charge in [-0.3, -0.25) is 4.79 Å². The van der Waals surface area contributed by atoms with E-state index in [0.717, 1.165) is 11.3 Å². The molecule has 9 heteroatoms. The molecule has 1 aromatic heterocycles. The van der Waals surface area contributed by atoms with Crippen molar-refractivity contribution in [2.24, 2.45) is 5.92 Å². The van der Waals surface area contributed by atoms with Gasteiger partial charge in [0.15, 0.2) is 15.6 Å². The van der Waals surface area contributed by atoms with Crippen LogP contribution in [0.3, 0.4) is 0 Å². The summed E-state index contributed by atoms with van der Waals surface area (Å²) in [7, 11) is -2.91. The molecule has 1 fully saturated rings. The highest BCUT2D eigenvalue weighted by Crippen LogP contribution is 2.29. The molecule has 0 saturated carbocycles. The lowest BCUT2D eigenvalue weighted by atomic mass is 10.1. The number of ether oxygens (including phenoxy) is 1. The van der Waals surface area contributed by atoms with Gasteiger partial charge in [-0.05, 0) is 44.4 Å². The molecule has 0 bridgehead atoms. The average molecular weight is 411 g/mol. The molecule has 1 aliphatic heterocycles. The van der Waals surface area contributed by atoms with E-state index in [2.05, 4.69) is 10.2 Å². The van der Waals surface area contributed by atoms with Crippen LogP contribution in [-0.4, -0.2) is 42.5 Å². The molecule has 3 rings (SSSR count). The van der Waals surface area contributed by atoms with Crippen molar-refractivity contribution in [2.45, 2.75) is 37.7 Å². The number of thioether (sulfide) groups is 1. The first-order chi connectivity index (χ1) is 12.9. The van der Waals surface area contributed by atoms with Crippen LogP contribution in [0.15, 0.2) is 27.8 Å². The first-order valence-electron chi connectivity index (χ1n) is 8.78. The Morgan fingerprint density at radius 3 is 2.85 bits per heavy atom. The van der Waals surface area contributed by atoms with Crippen LogP contribution in [-0.2, 0) is 22.0 Å². The van der Waals surface area contributed by atoms with Crippen LogP contribution in [0.4, 0.5) is 0 Å². The van der Waals surface area contributed by atoms with E-state index in [-0.39, 0.29) is 23.2 Å². The minimum atomic E-state index is -2.91. The zero-order chi connectivity index (χ0) is 19.4.